The molecule has 0 amide bonds. The van der Waals surface area contributed by atoms with E-state index >= 15 is 0 Å². The molecule has 0 saturated heterocycles. The topological polar surface area (TPSA) is 237 Å². The van der Waals surface area contributed by atoms with Gasteiger partial charge in [0.05, 0.1) is 26.4 Å². The van der Waals surface area contributed by atoms with Crippen LogP contribution in [0.25, 0.3) is 0 Å². The summed E-state index contributed by atoms with van der Waals surface area (Å²) in [7, 11) is -9.92. The zero-order valence-corrected chi connectivity index (χ0v) is 67.3. The summed E-state index contributed by atoms with van der Waals surface area (Å²) < 4.78 is 68.7. The molecule has 0 aliphatic carbocycles. The van der Waals surface area contributed by atoms with Crippen molar-refractivity contribution in [2.45, 2.75) is 445 Å². The Bertz CT molecular complexity index is 1920. The summed E-state index contributed by atoms with van der Waals surface area (Å²) in [6, 6.07) is 0. The summed E-state index contributed by atoms with van der Waals surface area (Å²) in [5, 5.41) is 10.6. The number of phosphoric acid groups is 2. The fourth-order valence-electron chi connectivity index (χ4n) is 12.5. The van der Waals surface area contributed by atoms with Crippen molar-refractivity contribution in [2.75, 3.05) is 39.6 Å². The Morgan fingerprint density at radius 1 is 0.270 bits per heavy atom. The Kier molecular flexibility index (Phi) is 71.2. The second-order valence-electron chi connectivity index (χ2n) is 30.1. The fourth-order valence-corrected chi connectivity index (χ4v) is 14.1. The quantitative estimate of drug-likeness (QED) is 0.0222. The van der Waals surface area contributed by atoms with Gasteiger partial charge in [-0.3, -0.25) is 37.3 Å². The number of aliphatic hydroxyl groups excluding tert-OH is 1. The lowest BCUT2D eigenvalue weighted by Gasteiger charge is -2.21. The van der Waals surface area contributed by atoms with Gasteiger partial charge in [0.1, 0.15) is 19.3 Å². The van der Waals surface area contributed by atoms with Gasteiger partial charge in [0.25, 0.3) is 0 Å². The fraction of sp³-hybridized carbons (Fsp3) is 0.951. The first-order chi connectivity index (χ1) is 48.4. The Labute approximate surface area is 613 Å². The number of phosphoric ester groups is 2. The molecule has 0 heterocycles. The van der Waals surface area contributed by atoms with Gasteiger partial charge in [0.15, 0.2) is 12.2 Å². The average Bonchev–Trinajstić information content (AvgIpc) is 1.10. The summed E-state index contributed by atoms with van der Waals surface area (Å²) >= 11 is 0. The summed E-state index contributed by atoms with van der Waals surface area (Å²) in [5.74, 6) is -0.632. The number of unbranched alkanes of at least 4 members (excludes halogenated alkanes) is 50. The number of aliphatic hydroxyl groups is 1. The molecular formula is C81H158O17P2. The van der Waals surface area contributed by atoms with Gasteiger partial charge in [0.2, 0.25) is 0 Å². The zero-order valence-electron chi connectivity index (χ0n) is 65.5. The highest BCUT2D eigenvalue weighted by Gasteiger charge is 2.30. The van der Waals surface area contributed by atoms with E-state index in [1.54, 1.807) is 0 Å². The van der Waals surface area contributed by atoms with Crippen LogP contribution in [0.2, 0.25) is 0 Å². The Balaban J connectivity index is 5.23. The minimum Gasteiger partial charge on any atom is -0.462 e. The third-order valence-corrected chi connectivity index (χ3v) is 20.9. The average molecular weight is 1470 g/mol. The summed E-state index contributed by atoms with van der Waals surface area (Å²) in [6.07, 6.45) is 62.6. The van der Waals surface area contributed by atoms with E-state index in [0.29, 0.717) is 25.7 Å². The molecule has 0 radical (unpaired) electrons. The van der Waals surface area contributed by atoms with Gasteiger partial charge in [-0.15, -0.1) is 0 Å². The summed E-state index contributed by atoms with van der Waals surface area (Å²) in [4.78, 5) is 73.0. The predicted octanol–water partition coefficient (Wildman–Crippen LogP) is 24.3. The molecule has 19 heteroatoms. The summed E-state index contributed by atoms with van der Waals surface area (Å²) in [5.41, 5.74) is 0. The standard InChI is InChI=1S/C81H158O17P2/c1-7-9-11-13-15-17-19-21-23-24-25-26-27-28-30-32-34-39-47-53-59-65-80(85)97-76(69-91-78(83)63-57-51-45-38-33-31-29-22-20-18-16-14-12-10-8-2)71-95-99(87,88)93-67-75(82)68-94-100(89,90)96-72-77(70-92-79(84)64-58-52-46-42-41-44-50-56-62-74(5)6)98-81(86)66-60-54-48-40-36-35-37-43-49-55-61-73(3)4/h73-77,82H,7-72H2,1-6H3,(H,87,88)(H,89,90)/t75-,76-,77-/m1/s1. The van der Waals surface area contributed by atoms with Crippen LogP contribution in [0.15, 0.2) is 0 Å². The molecule has 0 fully saturated rings. The molecule has 17 nitrogen and oxygen atoms in total. The molecule has 0 aromatic heterocycles. The van der Waals surface area contributed by atoms with E-state index in [4.69, 9.17) is 37.0 Å². The normalized spacial score (nSPS) is 13.9. The number of esters is 4. The van der Waals surface area contributed by atoms with Crippen LogP contribution < -0.4 is 0 Å². The van der Waals surface area contributed by atoms with Crippen molar-refractivity contribution in [3.05, 3.63) is 0 Å². The van der Waals surface area contributed by atoms with Gasteiger partial charge in [-0.1, -0.05) is 375 Å². The molecule has 0 spiro atoms. The van der Waals surface area contributed by atoms with Gasteiger partial charge in [0, 0.05) is 25.7 Å². The highest BCUT2D eigenvalue weighted by Crippen LogP contribution is 2.45. The number of hydrogen-bond donors (Lipinski definition) is 3. The molecule has 0 aliphatic heterocycles. The van der Waals surface area contributed by atoms with Crippen LogP contribution in [-0.2, 0) is 65.4 Å². The SMILES string of the molecule is CCCCCCCCCCCCCCCCCCCCCCCC(=O)O[C@H](COC(=O)CCCCCCCCCCCCCCCCC)COP(=O)(O)OC[C@@H](O)COP(=O)(O)OC[C@@H](COC(=O)CCCCCCCCCCC(C)C)OC(=O)CCCCCCCCCCCCC(C)C. The number of rotatable bonds is 80. The lowest BCUT2D eigenvalue weighted by atomic mass is 10.0. The minimum atomic E-state index is -4.96. The summed E-state index contributed by atoms with van der Waals surface area (Å²) in [6.45, 7) is 9.59. The first kappa shape index (κ1) is 98.1. The second kappa shape index (κ2) is 72.6. The Morgan fingerprint density at radius 2 is 0.460 bits per heavy atom. The molecule has 594 valence electrons. The van der Waals surface area contributed by atoms with E-state index in [2.05, 4.69) is 41.5 Å². The minimum absolute atomic E-state index is 0.106. The van der Waals surface area contributed by atoms with Crippen molar-refractivity contribution in [2.24, 2.45) is 11.8 Å². The van der Waals surface area contributed by atoms with Crippen molar-refractivity contribution in [3.63, 3.8) is 0 Å². The third-order valence-electron chi connectivity index (χ3n) is 19.0. The van der Waals surface area contributed by atoms with Crippen molar-refractivity contribution < 1.29 is 80.2 Å². The van der Waals surface area contributed by atoms with Gasteiger partial charge in [-0.05, 0) is 37.5 Å². The van der Waals surface area contributed by atoms with Gasteiger partial charge in [-0.25, -0.2) is 9.13 Å². The smallest absolute Gasteiger partial charge is 0.462 e. The van der Waals surface area contributed by atoms with Crippen molar-refractivity contribution in [1.29, 1.82) is 0 Å². The van der Waals surface area contributed by atoms with E-state index in [0.717, 1.165) is 102 Å². The maximum absolute atomic E-state index is 13.1. The molecule has 100 heavy (non-hydrogen) atoms. The molecule has 0 aromatic carbocycles. The van der Waals surface area contributed by atoms with E-state index in [9.17, 15) is 43.2 Å². The Morgan fingerprint density at radius 3 is 0.680 bits per heavy atom. The molecular weight excluding hydrogens is 1310 g/mol. The van der Waals surface area contributed by atoms with E-state index in [1.165, 1.54) is 244 Å². The van der Waals surface area contributed by atoms with Crippen LogP contribution in [0, 0.1) is 11.8 Å². The second-order valence-corrected chi connectivity index (χ2v) is 33.0. The lowest BCUT2D eigenvalue weighted by Crippen LogP contribution is -2.30. The van der Waals surface area contributed by atoms with Crippen LogP contribution in [0.1, 0.15) is 427 Å². The van der Waals surface area contributed by atoms with Crippen molar-refractivity contribution in [3.8, 4) is 0 Å². The maximum atomic E-state index is 13.1. The molecule has 0 aliphatic rings. The van der Waals surface area contributed by atoms with E-state index in [1.807, 2.05) is 0 Å². The number of ether oxygens (including phenoxy) is 4. The van der Waals surface area contributed by atoms with Crippen LogP contribution in [-0.4, -0.2) is 96.7 Å². The number of hydrogen-bond acceptors (Lipinski definition) is 15. The van der Waals surface area contributed by atoms with Crippen molar-refractivity contribution in [1.82, 2.24) is 0 Å². The van der Waals surface area contributed by atoms with Crippen LogP contribution >= 0.6 is 15.6 Å². The molecule has 5 atom stereocenters. The lowest BCUT2D eigenvalue weighted by molar-refractivity contribution is -0.161. The van der Waals surface area contributed by atoms with Gasteiger partial charge in [-0.2, -0.15) is 0 Å². The van der Waals surface area contributed by atoms with Crippen LogP contribution in [0.4, 0.5) is 0 Å². The van der Waals surface area contributed by atoms with Crippen LogP contribution in [0.5, 0.6) is 0 Å². The molecule has 0 bridgehead atoms. The first-order valence-corrected chi connectivity index (χ1v) is 45.0. The third kappa shape index (κ3) is 74.3. The number of carbonyl (C=O) groups excluding carboxylic acids is 4. The largest absolute Gasteiger partial charge is 0.472 e. The first-order valence-electron chi connectivity index (χ1n) is 42.0. The van der Waals surface area contributed by atoms with Crippen molar-refractivity contribution >= 4 is 39.5 Å². The zero-order chi connectivity index (χ0) is 73.5. The van der Waals surface area contributed by atoms with E-state index < -0.39 is 97.5 Å². The van der Waals surface area contributed by atoms with Gasteiger partial charge >= 0.3 is 39.5 Å². The monoisotopic (exact) mass is 1470 g/mol. The van der Waals surface area contributed by atoms with Gasteiger partial charge < -0.3 is 33.8 Å². The highest BCUT2D eigenvalue weighted by molar-refractivity contribution is 7.47. The Hall–Kier alpha value is -1.94. The van der Waals surface area contributed by atoms with E-state index in [-0.39, 0.29) is 25.7 Å². The molecule has 0 aromatic rings. The van der Waals surface area contributed by atoms with Crippen LogP contribution in [0.3, 0.4) is 0 Å². The number of carbonyl (C=O) groups is 4. The highest BCUT2D eigenvalue weighted by atomic mass is 31.2. The molecule has 0 saturated carbocycles. The predicted molar refractivity (Wildman–Crippen MR) is 409 cm³/mol. The molecule has 3 N–H and O–H groups in total. The maximum Gasteiger partial charge on any atom is 0.472 e. The molecule has 2 unspecified atom stereocenters. The molecule has 0 rings (SSSR count).